The molecule has 0 unspecified atom stereocenters. The normalized spacial score (nSPS) is 13.0. The van der Waals surface area contributed by atoms with Crippen LogP contribution in [-0.2, 0) is 6.42 Å². The summed E-state index contributed by atoms with van der Waals surface area (Å²) >= 11 is 6.20. The third-order valence-corrected chi connectivity index (χ3v) is 6.07. The summed E-state index contributed by atoms with van der Waals surface area (Å²) in [5.41, 5.74) is 1.24. The molecule has 3 aromatic rings. The third kappa shape index (κ3) is 4.80. The molecule has 1 nitrogen and oxygen atoms in total. The highest BCUT2D eigenvalue weighted by atomic mass is 32.1. The van der Waals surface area contributed by atoms with E-state index >= 15 is 0 Å². The second kappa shape index (κ2) is 9.28. The summed E-state index contributed by atoms with van der Waals surface area (Å²) in [5.74, 6) is 5.30. The Labute approximate surface area is 183 Å². The molecule has 0 amide bonds. The lowest BCUT2D eigenvalue weighted by atomic mass is 10.0. The highest BCUT2D eigenvalue weighted by molar-refractivity contribution is 7.78. The molecule has 0 bridgehead atoms. The number of nitrogens with zero attached hydrogens (tertiary/aromatic N) is 1. The van der Waals surface area contributed by atoms with Crippen molar-refractivity contribution in [2.75, 3.05) is 0 Å². The number of isothiocyanates is 1. The van der Waals surface area contributed by atoms with E-state index in [1.807, 2.05) is 6.07 Å². The Balaban J connectivity index is 1.53. The van der Waals surface area contributed by atoms with E-state index in [1.54, 1.807) is 35.6 Å². The number of allylic oxidation sites excluding steroid dienone is 2. The van der Waals surface area contributed by atoms with E-state index in [2.05, 4.69) is 52.4 Å². The molecule has 0 radical (unpaired) electrons. The Morgan fingerprint density at radius 2 is 1.67 bits per heavy atom. The van der Waals surface area contributed by atoms with Crippen LogP contribution in [0.5, 0.6) is 0 Å². The van der Waals surface area contributed by atoms with E-state index in [0.29, 0.717) is 22.7 Å². The number of thiophene rings is 1. The summed E-state index contributed by atoms with van der Waals surface area (Å²) < 4.78 is 29.3. The molecule has 1 heterocycles. The zero-order valence-electron chi connectivity index (χ0n) is 16.0. The summed E-state index contributed by atoms with van der Waals surface area (Å²) in [4.78, 5) is 6.03. The molecule has 5 heteroatoms. The molecule has 2 aromatic carbocycles. The van der Waals surface area contributed by atoms with Gasteiger partial charge >= 0.3 is 0 Å². The van der Waals surface area contributed by atoms with Crippen LogP contribution in [0.2, 0.25) is 0 Å². The molecule has 1 aliphatic carbocycles. The first kappa shape index (κ1) is 20.4. The molecule has 30 heavy (non-hydrogen) atoms. The van der Waals surface area contributed by atoms with Gasteiger partial charge in [0.2, 0.25) is 0 Å². The number of hydrogen-bond donors (Lipinski definition) is 0. The molecule has 0 aliphatic heterocycles. The van der Waals surface area contributed by atoms with E-state index in [1.165, 1.54) is 17.0 Å². The zero-order valence-corrected chi connectivity index (χ0v) is 17.6. The van der Waals surface area contributed by atoms with Crippen molar-refractivity contribution < 1.29 is 8.78 Å². The molecule has 4 rings (SSSR count). The van der Waals surface area contributed by atoms with Gasteiger partial charge in [-0.3, -0.25) is 0 Å². The number of halogens is 2. The Bertz CT molecular complexity index is 1170. The van der Waals surface area contributed by atoms with Gasteiger partial charge in [0.05, 0.1) is 21.3 Å². The van der Waals surface area contributed by atoms with Crippen LogP contribution in [0.25, 0.3) is 11.1 Å². The molecule has 0 spiro atoms. The Morgan fingerprint density at radius 1 is 0.967 bits per heavy atom. The van der Waals surface area contributed by atoms with Crippen LogP contribution < -0.4 is 0 Å². The maximum atomic E-state index is 14.6. The maximum Gasteiger partial charge on any atom is 0.135 e. The topological polar surface area (TPSA) is 12.4 Å². The lowest BCUT2D eigenvalue weighted by Gasteiger charge is -2.06. The fraction of sp³-hybridized carbons (Fsp3) is 0.160. The van der Waals surface area contributed by atoms with Crippen molar-refractivity contribution in [3.8, 4) is 23.0 Å². The Morgan fingerprint density at radius 3 is 2.33 bits per heavy atom. The number of thiocarbonyl (C=S) groups is 1. The summed E-state index contributed by atoms with van der Waals surface area (Å²) in [6.45, 7) is 0. The highest BCUT2D eigenvalue weighted by Crippen LogP contribution is 2.29. The largest absolute Gasteiger partial charge is 0.206 e. The van der Waals surface area contributed by atoms with Gasteiger partial charge in [-0.05, 0) is 79.4 Å². The Kier molecular flexibility index (Phi) is 6.30. The molecular weight excluding hydrogens is 416 g/mol. The molecule has 1 aromatic heterocycles. The van der Waals surface area contributed by atoms with Gasteiger partial charge in [0.15, 0.2) is 0 Å². The zero-order chi connectivity index (χ0) is 20.9. The quantitative estimate of drug-likeness (QED) is 0.181. The smallest absolute Gasteiger partial charge is 0.135 e. The molecule has 0 saturated heterocycles. The van der Waals surface area contributed by atoms with E-state index in [-0.39, 0.29) is 5.56 Å². The van der Waals surface area contributed by atoms with Gasteiger partial charge in [-0.25, -0.2) is 8.78 Å². The fourth-order valence-corrected chi connectivity index (χ4v) is 4.57. The van der Waals surface area contributed by atoms with Crippen molar-refractivity contribution in [3.05, 3.63) is 87.6 Å². The predicted molar refractivity (Wildman–Crippen MR) is 122 cm³/mol. The number of benzene rings is 2. The minimum absolute atomic E-state index is 0.0815. The van der Waals surface area contributed by atoms with Gasteiger partial charge in [0, 0.05) is 10.4 Å². The molecule has 0 atom stereocenters. The number of aliphatic imine (C=N–C) groups is 1. The lowest BCUT2D eigenvalue weighted by Crippen LogP contribution is -1.96. The van der Waals surface area contributed by atoms with Crippen LogP contribution in [0.3, 0.4) is 0 Å². The van der Waals surface area contributed by atoms with E-state index in [9.17, 15) is 8.78 Å². The van der Waals surface area contributed by atoms with Crippen molar-refractivity contribution in [2.24, 2.45) is 10.9 Å². The van der Waals surface area contributed by atoms with Crippen LogP contribution in [0.1, 0.15) is 28.2 Å². The van der Waals surface area contributed by atoms with Gasteiger partial charge in [-0.1, -0.05) is 36.1 Å². The Hall–Kier alpha value is -2.90. The highest BCUT2D eigenvalue weighted by Gasteiger charge is 2.14. The molecule has 0 fully saturated rings. The van der Waals surface area contributed by atoms with Crippen molar-refractivity contribution in [1.82, 2.24) is 0 Å². The summed E-state index contributed by atoms with van der Waals surface area (Å²) in [6.07, 6.45) is 7.77. The van der Waals surface area contributed by atoms with Gasteiger partial charge in [-0.15, -0.1) is 11.3 Å². The first-order chi connectivity index (χ1) is 14.6. The van der Waals surface area contributed by atoms with Gasteiger partial charge in [0.25, 0.3) is 0 Å². The number of hydrogen-bond acceptors (Lipinski definition) is 3. The van der Waals surface area contributed by atoms with E-state index < -0.39 is 11.6 Å². The van der Waals surface area contributed by atoms with Crippen LogP contribution in [-0.4, -0.2) is 5.16 Å². The lowest BCUT2D eigenvalue weighted by molar-refractivity contribution is 0.572. The SMILES string of the molecule is Fc1cc(C#Cc2ccc(CC3CC=CC3)s2)cc(F)c1-c1ccc(N=C=S)cc1. The van der Waals surface area contributed by atoms with Crippen LogP contribution in [0.15, 0.2) is 65.7 Å². The molecular formula is C25H17F2NS2. The fourth-order valence-electron chi connectivity index (χ4n) is 3.49. The molecule has 148 valence electrons. The second-order valence-electron chi connectivity index (χ2n) is 7.09. The summed E-state index contributed by atoms with van der Waals surface area (Å²) in [5, 5.41) is 2.26. The van der Waals surface area contributed by atoms with Crippen molar-refractivity contribution in [1.29, 1.82) is 0 Å². The standard InChI is InChI=1S/C25H17F2NS2/c26-23-14-18(5-10-21-11-12-22(30-21)13-17-3-1-2-4-17)15-24(27)25(23)19-6-8-20(9-7-19)28-16-29/h1-2,6-9,11-12,14-15,17H,3-4,13H2. The van der Waals surface area contributed by atoms with Crippen molar-refractivity contribution >= 4 is 34.4 Å². The van der Waals surface area contributed by atoms with E-state index in [0.717, 1.165) is 24.1 Å². The average molecular weight is 434 g/mol. The monoisotopic (exact) mass is 433 g/mol. The van der Waals surface area contributed by atoms with E-state index in [4.69, 9.17) is 0 Å². The van der Waals surface area contributed by atoms with Crippen LogP contribution in [0.4, 0.5) is 14.5 Å². The molecule has 0 N–H and O–H groups in total. The van der Waals surface area contributed by atoms with Crippen LogP contribution >= 0.6 is 23.6 Å². The van der Waals surface area contributed by atoms with Crippen LogP contribution in [0, 0.1) is 29.4 Å². The first-order valence-electron chi connectivity index (χ1n) is 9.55. The first-order valence-corrected chi connectivity index (χ1v) is 10.8. The van der Waals surface area contributed by atoms with Gasteiger partial charge in [0.1, 0.15) is 11.6 Å². The molecule has 0 saturated carbocycles. The van der Waals surface area contributed by atoms with Crippen molar-refractivity contribution in [3.63, 3.8) is 0 Å². The second-order valence-corrected chi connectivity index (χ2v) is 8.44. The average Bonchev–Trinajstić information content (AvgIpc) is 3.40. The third-order valence-electron chi connectivity index (χ3n) is 4.96. The summed E-state index contributed by atoms with van der Waals surface area (Å²) in [6, 6.07) is 13.1. The maximum absolute atomic E-state index is 14.6. The summed E-state index contributed by atoms with van der Waals surface area (Å²) in [7, 11) is 0. The minimum Gasteiger partial charge on any atom is -0.206 e. The number of rotatable bonds is 4. The predicted octanol–water partition coefficient (Wildman–Crippen LogP) is 7.34. The van der Waals surface area contributed by atoms with Gasteiger partial charge < -0.3 is 0 Å². The molecule has 1 aliphatic rings. The van der Waals surface area contributed by atoms with Gasteiger partial charge in [-0.2, -0.15) is 4.99 Å². The minimum atomic E-state index is -0.647. The van der Waals surface area contributed by atoms with Crippen molar-refractivity contribution in [2.45, 2.75) is 19.3 Å².